The lowest BCUT2D eigenvalue weighted by Gasteiger charge is -2.19. The molecule has 0 spiro atoms. The number of nitrogens with one attached hydrogen (secondary N) is 1. The number of aryl methyl sites for hydroxylation is 1. The lowest BCUT2D eigenvalue weighted by atomic mass is 10.1. The van der Waals surface area contributed by atoms with E-state index in [4.69, 9.17) is 0 Å². The minimum atomic E-state index is -4.10. The molecule has 0 fully saturated rings. The molecule has 0 amide bonds. The molecule has 5 nitrogen and oxygen atoms in total. The summed E-state index contributed by atoms with van der Waals surface area (Å²) in [6, 6.07) is 11.1. The fourth-order valence-corrected chi connectivity index (χ4v) is 7.07. The van der Waals surface area contributed by atoms with Crippen LogP contribution in [0.2, 0.25) is 0 Å². The summed E-state index contributed by atoms with van der Waals surface area (Å²) in [7, 11) is -8.04. The molecule has 0 saturated carbocycles. The van der Waals surface area contributed by atoms with Crippen LogP contribution in [0.4, 0.5) is 8.78 Å². The fourth-order valence-electron chi connectivity index (χ4n) is 2.83. The van der Waals surface area contributed by atoms with Gasteiger partial charge in [0.05, 0.1) is 4.90 Å². The normalized spacial score (nSPS) is 13.3. The van der Waals surface area contributed by atoms with Crippen LogP contribution in [0.25, 0.3) is 0 Å². The standard InChI is InChI=1S/C19H17F2NO4S3/c1-13-11-16(21)8-9-17(13)29(25,26)22-12-18(14-4-6-15(20)7-5-14)28(23,24)19-3-2-10-27-19/h2-11,18,22H,12H2,1H3/t18-/m1/s1. The van der Waals surface area contributed by atoms with Crippen LogP contribution in [0.1, 0.15) is 16.4 Å². The SMILES string of the molecule is Cc1cc(F)ccc1S(=O)(=O)NC[C@H](c1ccc(F)cc1)S(=O)(=O)c1cccs1. The molecule has 0 aliphatic heterocycles. The first-order chi connectivity index (χ1) is 13.6. The third kappa shape index (κ3) is 4.72. The number of benzene rings is 2. The molecular formula is C19H17F2NO4S3. The molecule has 2 aromatic carbocycles. The predicted molar refractivity (Wildman–Crippen MR) is 107 cm³/mol. The van der Waals surface area contributed by atoms with E-state index in [9.17, 15) is 25.6 Å². The van der Waals surface area contributed by atoms with E-state index in [0.717, 1.165) is 41.7 Å². The van der Waals surface area contributed by atoms with Gasteiger partial charge in [-0.05, 0) is 59.8 Å². The summed E-state index contributed by atoms with van der Waals surface area (Å²) in [5.74, 6) is -1.12. The van der Waals surface area contributed by atoms with Crippen LogP contribution in [0.5, 0.6) is 0 Å². The van der Waals surface area contributed by atoms with Crippen molar-refractivity contribution in [1.82, 2.24) is 4.72 Å². The molecule has 1 heterocycles. The zero-order chi connectivity index (χ0) is 21.2. The Morgan fingerprint density at radius 3 is 2.21 bits per heavy atom. The minimum absolute atomic E-state index is 0.0731. The van der Waals surface area contributed by atoms with Crippen molar-refractivity contribution in [2.75, 3.05) is 6.54 Å². The van der Waals surface area contributed by atoms with Crippen LogP contribution < -0.4 is 4.72 Å². The van der Waals surface area contributed by atoms with Gasteiger partial charge in [0.1, 0.15) is 21.1 Å². The highest BCUT2D eigenvalue weighted by Gasteiger charge is 2.32. The second kappa shape index (κ2) is 8.31. The highest BCUT2D eigenvalue weighted by molar-refractivity contribution is 7.93. The van der Waals surface area contributed by atoms with Gasteiger partial charge in [-0.2, -0.15) is 0 Å². The number of sulfone groups is 1. The van der Waals surface area contributed by atoms with Gasteiger partial charge in [-0.15, -0.1) is 11.3 Å². The van der Waals surface area contributed by atoms with E-state index in [1.807, 2.05) is 0 Å². The molecule has 29 heavy (non-hydrogen) atoms. The molecule has 3 rings (SSSR count). The van der Waals surface area contributed by atoms with Crippen molar-refractivity contribution in [3.63, 3.8) is 0 Å². The number of rotatable bonds is 7. The van der Waals surface area contributed by atoms with E-state index in [1.54, 1.807) is 11.4 Å². The monoisotopic (exact) mass is 457 g/mol. The van der Waals surface area contributed by atoms with E-state index < -0.39 is 43.3 Å². The third-order valence-electron chi connectivity index (χ3n) is 4.28. The van der Waals surface area contributed by atoms with Gasteiger partial charge in [-0.3, -0.25) is 0 Å². The van der Waals surface area contributed by atoms with Crippen LogP contribution in [0.15, 0.2) is 69.1 Å². The molecule has 154 valence electrons. The molecule has 0 bridgehead atoms. The smallest absolute Gasteiger partial charge is 0.222 e. The van der Waals surface area contributed by atoms with Gasteiger partial charge < -0.3 is 0 Å². The Morgan fingerprint density at radius 1 is 0.966 bits per heavy atom. The molecule has 3 aromatic rings. The average Bonchev–Trinajstić information content (AvgIpc) is 3.18. The second-order valence-electron chi connectivity index (χ2n) is 6.28. The molecule has 1 N–H and O–H groups in total. The zero-order valence-electron chi connectivity index (χ0n) is 15.2. The van der Waals surface area contributed by atoms with E-state index >= 15 is 0 Å². The molecular weight excluding hydrogens is 440 g/mol. The van der Waals surface area contributed by atoms with Crippen molar-refractivity contribution >= 4 is 31.2 Å². The number of thiophene rings is 1. The first-order valence-electron chi connectivity index (χ1n) is 8.40. The first kappa shape index (κ1) is 21.6. The Bertz CT molecular complexity index is 1210. The summed E-state index contributed by atoms with van der Waals surface area (Å²) in [4.78, 5) is -0.148. The molecule has 1 atom stereocenters. The molecule has 0 aliphatic carbocycles. The van der Waals surface area contributed by atoms with Crippen molar-refractivity contribution in [3.05, 3.63) is 82.7 Å². The molecule has 0 saturated heterocycles. The lowest BCUT2D eigenvalue weighted by molar-refractivity contribution is 0.568. The van der Waals surface area contributed by atoms with Crippen LogP contribution in [0, 0.1) is 18.6 Å². The molecule has 0 unspecified atom stereocenters. The summed E-state index contributed by atoms with van der Waals surface area (Å²) < 4.78 is 80.5. The van der Waals surface area contributed by atoms with Gasteiger partial charge in [-0.1, -0.05) is 18.2 Å². The highest BCUT2D eigenvalue weighted by Crippen LogP contribution is 2.31. The third-order valence-corrected chi connectivity index (χ3v) is 9.39. The minimum Gasteiger partial charge on any atom is -0.222 e. The molecule has 0 aliphatic rings. The Labute approximate surface area is 172 Å². The summed E-state index contributed by atoms with van der Waals surface area (Å²) in [6.07, 6.45) is 0. The number of halogens is 2. The van der Waals surface area contributed by atoms with Crippen molar-refractivity contribution < 1.29 is 25.6 Å². The summed E-state index contributed by atoms with van der Waals surface area (Å²) >= 11 is 1.01. The fraction of sp³-hybridized carbons (Fsp3) is 0.158. The van der Waals surface area contributed by atoms with Crippen LogP contribution in [-0.4, -0.2) is 23.4 Å². The Hall–Kier alpha value is -2.14. The van der Waals surface area contributed by atoms with Crippen molar-refractivity contribution in [2.24, 2.45) is 0 Å². The van der Waals surface area contributed by atoms with Crippen LogP contribution in [0.3, 0.4) is 0 Å². The number of hydrogen-bond donors (Lipinski definition) is 1. The van der Waals surface area contributed by atoms with E-state index in [1.165, 1.54) is 25.1 Å². The molecule has 1 aromatic heterocycles. The lowest BCUT2D eigenvalue weighted by Crippen LogP contribution is -2.32. The van der Waals surface area contributed by atoms with Crippen molar-refractivity contribution in [3.8, 4) is 0 Å². The van der Waals surface area contributed by atoms with Gasteiger partial charge in [-0.25, -0.2) is 30.3 Å². The number of sulfonamides is 1. The molecule has 10 heteroatoms. The highest BCUT2D eigenvalue weighted by atomic mass is 32.2. The summed E-state index contributed by atoms with van der Waals surface area (Å²) in [5.41, 5.74) is 0.440. The largest absolute Gasteiger partial charge is 0.240 e. The Kier molecular flexibility index (Phi) is 6.18. The maximum Gasteiger partial charge on any atom is 0.240 e. The summed E-state index contributed by atoms with van der Waals surface area (Å²) in [6.45, 7) is 0.975. The first-order valence-corrected chi connectivity index (χ1v) is 12.3. The van der Waals surface area contributed by atoms with E-state index in [2.05, 4.69) is 4.72 Å². The molecule has 0 radical (unpaired) electrons. The Morgan fingerprint density at radius 2 is 1.62 bits per heavy atom. The quantitative estimate of drug-likeness (QED) is 0.585. The van der Waals surface area contributed by atoms with Gasteiger partial charge in [0.2, 0.25) is 10.0 Å². The van der Waals surface area contributed by atoms with Gasteiger partial charge in [0.15, 0.2) is 9.84 Å². The second-order valence-corrected chi connectivity index (χ2v) is 11.3. The summed E-state index contributed by atoms with van der Waals surface area (Å²) in [5, 5.41) is 0.331. The predicted octanol–water partition coefficient (Wildman–Crippen LogP) is 3.83. The van der Waals surface area contributed by atoms with Crippen LogP contribution in [-0.2, 0) is 19.9 Å². The van der Waals surface area contributed by atoms with Crippen molar-refractivity contribution in [1.29, 1.82) is 0 Å². The number of hydrogen-bond acceptors (Lipinski definition) is 5. The average molecular weight is 458 g/mol. The maximum atomic E-state index is 13.3. The topological polar surface area (TPSA) is 80.3 Å². The van der Waals surface area contributed by atoms with Crippen LogP contribution >= 0.6 is 11.3 Å². The van der Waals surface area contributed by atoms with Crippen molar-refractivity contribution in [2.45, 2.75) is 21.3 Å². The zero-order valence-corrected chi connectivity index (χ0v) is 17.6. The van der Waals surface area contributed by atoms with E-state index in [0.29, 0.717) is 0 Å². The van der Waals surface area contributed by atoms with Gasteiger partial charge in [0, 0.05) is 6.54 Å². The van der Waals surface area contributed by atoms with Gasteiger partial charge >= 0.3 is 0 Å². The Balaban J connectivity index is 1.96. The van der Waals surface area contributed by atoms with Gasteiger partial charge in [0.25, 0.3) is 0 Å². The van der Waals surface area contributed by atoms with E-state index in [-0.39, 0.29) is 20.2 Å². The maximum absolute atomic E-state index is 13.3.